The van der Waals surface area contributed by atoms with Crippen LogP contribution in [0.3, 0.4) is 0 Å². The SMILES string of the molecule is Cc1ncc(NC2CCCCC2)nc1C. The van der Waals surface area contributed by atoms with Crippen LogP contribution in [0.4, 0.5) is 5.82 Å². The number of nitrogens with zero attached hydrogens (tertiary/aromatic N) is 2. The lowest BCUT2D eigenvalue weighted by Crippen LogP contribution is -2.23. The molecule has 0 amide bonds. The molecule has 3 heteroatoms. The quantitative estimate of drug-likeness (QED) is 0.806. The van der Waals surface area contributed by atoms with Crippen LogP contribution in [0.1, 0.15) is 43.5 Å². The summed E-state index contributed by atoms with van der Waals surface area (Å²) in [6.07, 6.45) is 8.46. The second-order valence-corrected chi connectivity index (χ2v) is 4.41. The molecule has 1 fully saturated rings. The van der Waals surface area contributed by atoms with Crippen molar-refractivity contribution in [3.05, 3.63) is 17.6 Å². The van der Waals surface area contributed by atoms with Crippen LogP contribution in [0.15, 0.2) is 6.20 Å². The molecule has 1 aliphatic carbocycles. The Morgan fingerprint density at radius 1 is 1.13 bits per heavy atom. The van der Waals surface area contributed by atoms with Gasteiger partial charge in [-0.2, -0.15) is 0 Å². The third-order valence-corrected chi connectivity index (χ3v) is 3.15. The first-order valence-corrected chi connectivity index (χ1v) is 5.82. The van der Waals surface area contributed by atoms with E-state index in [1.54, 1.807) is 0 Å². The summed E-state index contributed by atoms with van der Waals surface area (Å²) in [5.41, 5.74) is 2.04. The highest BCUT2D eigenvalue weighted by Gasteiger charge is 2.13. The molecular weight excluding hydrogens is 186 g/mol. The normalized spacial score (nSPS) is 17.7. The standard InChI is InChI=1S/C12H19N3/c1-9-10(2)14-12(8-13-9)15-11-6-4-3-5-7-11/h8,11H,3-7H2,1-2H3,(H,14,15). The summed E-state index contributed by atoms with van der Waals surface area (Å²) < 4.78 is 0. The Hall–Kier alpha value is -1.12. The first kappa shape index (κ1) is 10.4. The first-order chi connectivity index (χ1) is 7.25. The van der Waals surface area contributed by atoms with Gasteiger partial charge in [-0.05, 0) is 26.7 Å². The van der Waals surface area contributed by atoms with Crippen molar-refractivity contribution in [2.24, 2.45) is 0 Å². The lowest BCUT2D eigenvalue weighted by atomic mass is 9.95. The molecule has 0 aromatic carbocycles. The number of aryl methyl sites for hydroxylation is 2. The zero-order valence-electron chi connectivity index (χ0n) is 9.58. The van der Waals surface area contributed by atoms with Crippen LogP contribution < -0.4 is 5.32 Å². The Kier molecular flexibility index (Phi) is 3.19. The molecule has 0 aliphatic heterocycles. The molecule has 0 atom stereocenters. The molecule has 0 radical (unpaired) electrons. The molecule has 82 valence electrons. The summed E-state index contributed by atoms with van der Waals surface area (Å²) >= 11 is 0. The van der Waals surface area contributed by atoms with E-state index in [4.69, 9.17) is 0 Å². The summed E-state index contributed by atoms with van der Waals surface area (Å²) in [7, 11) is 0. The van der Waals surface area contributed by atoms with E-state index < -0.39 is 0 Å². The molecule has 1 aromatic rings. The van der Waals surface area contributed by atoms with E-state index in [-0.39, 0.29) is 0 Å². The minimum Gasteiger partial charge on any atom is -0.366 e. The van der Waals surface area contributed by atoms with E-state index in [2.05, 4.69) is 15.3 Å². The fraction of sp³-hybridized carbons (Fsp3) is 0.667. The molecule has 1 aliphatic rings. The number of anilines is 1. The van der Waals surface area contributed by atoms with Crippen LogP contribution in [0.5, 0.6) is 0 Å². The van der Waals surface area contributed by atoms with Crippen LogP contribution in [-0.2, 0) is 0 Å². The van der Waals surface area contributed by atoms with Gasteiger partial charge in [0.25, 0.3) is 0 Å². The van der Waals surface area contributed by atoms with Gasteiger partial charge in [0.2, 0.25) is 0 Å². The Bertz CT molecular complexity index is 330. The molecule has 0 saturated heterocycles. The van der Waals surface area contributed by atoms with Crippen molar-refractivity contribution in [2.45, 2.75) is 52.0 Å². The monoisotopic (exact) mass is 205 g/mol. The topological polar surface area (TPSA) is 37.8 Å². The van der Waals surface area contributed by atoms with Gasteiger partial charge < -0.3 is 5.32 Å². The maximum atomic E-state index is 4.49. The first-order valence-electron chi connectivity index (χ1n) is 5.82. The van der Waals surface area contributed by atoms with Crippen molar-refractivity contribution in [3.8, 4) is 0 Å². The molecule has 15 heavy (non-hydrogen) atoms. The van der Waals surface area contributed by atoms with Gasteiger partial charge in [-0.3, -0.25) is 4.98 Å². The van der Waals surface area contributed by atoms with Crippen molar-refractivity contribution in [1.29, 1.82) is 0 Å². The van der Waals surface area contributed by atoms with Gasteiger partial charge in [0.15, 0.2) is 0 Å². The van der Waals surface area contributed by atoms with Gasteiger partial charge in [-0.1, -0.05) is 19.3 Å². The largest absolute Gasteiger partial charge is 0.366 e. The Morgan fingerprint density at radius 3 is 2.53 bits per heavy atom. The summed E-state index contributed by atoms with van der Waals surface area (Å²) in [6.45, 7) is 4.00. The molecule has 1 heterocycles. The Labute approximate surface area is 91.3 Å². The molecule has 1 N–H and O–H groups in total. The molecule has 3 nitrogen and oxygen atoms in total. The second-order valence-electron chi connectivity index (χ2n) is 4.41. The molecule has 2 rings (SSSR count). The van der Waals surface area contributed by atoms with E-state index in [9.17, 15) is 0 Å². The maximum Gasteiger partial charge on any atom is 0.145 e. The van der Waals surface area contributed by atoms with E-state index in [1.807, 2.05) is 20.0 Å². The van der Waals surface area contributed by atoms with Gasteiger partial charge in [0, 0.05) is 6.04 Å². The van der Waals surface area contributed by atoms with E-state index in [0.717, 1.165) is 17.2 Å². The van der Waals surface area contributed by atoms with Crippen molar-refractivity contribution in [2.75, 3.05) is 5.32 Å². The predicted molar refractivity (Wildman–Crippen MR) is 62.0 cm³/mol. The average molecular weight is 205 g/mol. The molecule has 0 unspecified atom stereocenters. The average Bonchev–Trinajstić information content (AvgIpc) is 2.25. The van der Waals surface area contributed by atoms with E-state index in [0.29, 0.717) is 6.04 Å². The van der Waals surface area contributed by atoms with Gasteiger partial charge in [-0.25, -0.2) is 4.98 Å². The summed E-state index contributed by atoms with van der Waals surface area (Å²) in [6, 6.07) is 0.607. The fourth-order valence-electron chi connectivity index (χ4n) is 2.07. The van der Waals surface area contributed by atoms with Gasteiger partial charge in [-0.15, -0.1) is 0 Å². The van der Waals surface area contributed by atoms with Crippen LogP contribution >= 0.6 is 0 Å². The predicted octanol–water partition coefficient (Wildman–Crippen LogP) is 2.84. The van der Waals surface area contributed by atoms with Crippen LogP contribution in [0, 0.1) is 13.8 Å². The fourth-order valence-corrected chi connectivity index (χ4v) is 2.07. The zero-order chi connectivity index (χ0) is 10.7. The molecule has 0 bridgehead atoms. The van der Waals surface area contributed by atoms with E-state index in [1.165, 1.54) is 32.1 Å². The van der Waals surface area contributed by atoms with Gasteiger partial charge >= 0.3 is 0 Å². The second kappa shape index (κ2) is 4.60. The lowest BCUT2D eigenvalue weighted by molar-refractivity contribution is 0.461. The highest BCUT2D eigenvalue weighted by Crippen LogP contribution is 2.20. The van der Waals surface area contributed by atoms with Crippen molar-refractivity contribution in [1.82, 2.24) is 9.97 Å². The molecule has 0 spiro atoms. The van der Waals surface area contributed by atoms with Crippen molar-refractivity contribution in [3.63, 3.8) is 0 Å². The van der Waals surface area contributed by atoms with Crippen LogP contribution in [0.25, 0.3) is 0 Å². The number of rotatable bonds is 2. The van der Waals surface area contributed by atoms with E-state index >= 15 is 0 Å². The minimum atomic E-state index is 0.607. The van der Waals surface area contributed by atoms with Gasteiger partial charge in [0.1, 0.15) is 5.82 Å². The third kappa shape index (κ3) is 2.67. The van der Waals surface area contributed by atoms with Crippen molar-refractivity contribution < 1.29 is 0 Å². The van der Waals surface area contributed by atoms with Gasteiger partial charge in [0.05, 0.1) is 17.6 Å². The minimum absolute atomic E-state index is 0.607. The molecular formula is C12H19N3. The summed E-state index contributed by atoms with van der Waals surface area (Å²) in [4.78, 5) is 8.81. The molecule has 1 aromatic heterocycles. The van der Waals surface area contributed by atoms with Crippen LogP contribution in [0.2, 0.25) is 0 Å². The number of nitrogens with one attached hydrogen (secondary N) is 1. The number of hydrogen-bond acceptors (Lipinski definition) is 3. The van der Waals surface area contributed by atoms with Crippen molar-refractivity contribution >= 4 is 5.82 Å². The third-order valence-electron chi connectivity index (χ3n) is 3.15. The Balaban J connectivity index is 2.00. The molecule has 1 saturated carbocycles. The maximum absolute atomic E-state index is 4.49. The summed E-state index contributed by atoms with van der Waals surface area (Å²) in [5.74, 6) is 0.935. The summed E-state index contributed by atoms with van der Waals surface area (Å²) in [5, 5.41) is 3.48. The highest BCUT2D eigenvalue weighted by molar-refractivity contribution is 5.34. The van der Waals surface area contributed by atoms with Crippen LogP contribution in [-0.4, -0.2) is 16.0 Å². The zero-order valence-corrected chi connectivity index (χ0v) is 9.58. The number of aromatic nitrogens is 2. The lowest BCUT2D eigenvalue weighted by Gasteiger charge is -2.23. The Morgan fingerprint density at radius 2 is 1.87 bits per heavy atom. The highest BCUT2D eigenvalue weighted by atomic mass is 15.0. The number of hydrogen-bond donors (Lipinski definition) is 1. The smallest absolute Gasteiger partial charge is 0.145 e.